The Kier molecular flexibility index (Phi) is 4.47. The predicted octanol–water partition coefficient (Wildman–Crippen LogP) is 4.90. The third-order valence-corrected chi connectivity index (χ3v) is 6.43. The van der Waals surface area contributed by atoms with Gasteiger partial charge in [0.1, 0.15) is 5.78 Å². The molecule has 0 saturated carbocycles. The van der Waals surface area contributed by atoms with Crippen molar-refractivity contribution >= 4 is 5.78 Å². The van der Waals surface area contributed by atoms with Gasteiger partial charge in [0.2, 0.25) is 0 Å². The van der Waals surface area contributed by atoms with Crippen LogP contribution >= 0.6 is 0 Å². The van der Waals surface area contributed by atoms with E-state index in [1.165, 1.54) is 29.5 Å². The molecular weight excluding hydrogens is 306 g/mol. The maximum Gasteiger partial charge on any atom is 0.137 e. The zero-order chi connectivity index (χ0) is 17.4. The summed E-state index contributed by atoms with van der Waals surface area (Å²) in [5, 5.41) is 0. The van der Waals surface area contributed by atoms with E-state index in [0.717, 1.165) is 6.42 Å². The van der Waals surface area contributed by atoms with Gasteiger partial charge in [-0.3, -0.25) is 9.69 Å². The molecule has 0 radical (unpaired) electrons. The van der Waals surface area contributed by atoms with E-state index in [-0.39, 0.29) is 5.92 Å². The summed E-state index contributed by atoms with van der Waals surface area (Å²) < 4.78 is 0. The fourth-order valence-electron chi connectivity index (χ4n) is 5.04. The van der Waals surface area contributed by atoms with E-state index in [1.807, 2.05) is 13.0 Å². The SMILES string of the molecule is CCC(=O)[C@H]1[C@@H](c2ccc(-c3ccccc3)cc2)C[C@@H]2CC[C@H]1N2C. The van der Waals surface area contributed by atoms with Crippen LogP contribution in [0.2, 0.25) is 0 Å². The molecule has 2 fully saturated rings. The Morgan fingerprint density at radius 1 is 1.00 bits per heavy atom. The molecule has 2 aromatic carbocycles. The molecule has 4 rings (SSSR count). The molecule has 0 unspecified atom stereocenters. The number of nitrogens with zero attached hydrogens (tertiary/aromatic N) is 1. The number of carbonyl (C=O) groups excluding carboxylic acids is 1. The van der Waals surface area contributed by atoms with Gasteiger partial charge in [0.15, 0.2) is 0 Å². The highest BCUT2D eigenvalue weighted by Crippen LogP contribution is 2.47. The van der Waals surface area contributed by atoms with Gasteiger partial charge in [-0.2, -0.15) is 0 Å². The van der Waals surface area contributed by atoms with E-state index in [9.17, 15) is 4.79 Å². The van der Waals surface area contributed by atoms with Gasteiger partial charge in [-0.25, -0.2) is 0 Å². The van der Waals surface area contributed by atoms with Crippen LogP contribution in [0.5, 0.6) is 0 Å². The van der Waals surface area contributed by atoms with E-state index in [1.54, 1.807) is 0 Å². The fourth-order valence-corrected chi connectivity index (χ4v) is 5.04. The van der Waals surface area contributed by atoms with Crippen LogP contribution in [-0.2, 0) is 4.79 Å². The standard InChI is InChI=1S/C23H27NO/c1-3-22(25)23-20(15-19-13-14-21(23)24(19)2)18-11-9-17(10-12-18)16-7-5-4-6-8-16/h4-12,19-21,23H,3,13-15H2,1-2H3/t19-,20+,21+,23-/m0/s1. The number of benzene rings is 2. The van der Waals surface area contributed by atoms with Crippen LogP contribution in [0.4, 0.5) is 0 Å². The summed E-state index contributed by atoms with van der Waals surface area (Å²) in [5.74, 6) is 0.983. The Labute approximate surface area is 150 Å². The lowest BCUT2D eigenvalue weighted by atomic mass is 9.73. The molecule has 25 heavy (non-hydrogen) atoms. The fraction of sp³-hybridized carbons (Fsp3) is 0.435. The number of fused-ring (bicyclic) bond motifs is 2. The third-order valence-electron chi connectivity index (χ3n) is 6.43. The van der Waals surface area contributed by atoms with Crippen molar-refractivity contribution in [2.45, 2.75) is 50.6 Å². The second-order valence-electron chi connectivity index (χ2n) is 7.64. The van der Waals surface area contributed by atoms with E-state index >= 15 is 0 Å². The van der Waals surface area contributed by atoms with Crippen LogP contribution in [0.25, 0.3) is 11.1 Å². The molecule has 0 spiro atoms. The molecule has 4 atom stereocenters. The van der Waals surface area contributed by atoms with Crippen LogP contribution in [0, 0.1) is 5.92 Å². The van der Waals surface area contributed by atoms with E-state index in [4.69, 9.17) is 0 Å². The summed E-state index contributed by atoms with van der Waals surface area (Å²) >= 11 is 0. The summed E-state index contributed by atoms with van der Waals surface area (Å²) in [7, 11) is 2.22. The number of Topliss-reactive ketones (excluding diaryl/α,β-unsaturated/α-hetero) is 1. The van der Waals surface area contributed by atoms with Crippen molar-refractivity contribution in [2.75, 3.05) is 7.05 Å². The molecule has 2 heterocycles. The summed E-state index contributed by atoms with van der Waals surface area (Å²) in [5.41, 5.74) is 3.84. The Bertz CT molecular complexity index is 736. The molecule has 0 aliphatic carbocycles. The molecule has 0 aromatic heterocycles. The van der Waals surface area contributed by atoms with Crippen molar-refractivity contribution in [1.82, 2.24) is 4.90 Å². The lowest BCUT2D eigenvalue weighted by Gasteiger charge is -2.42. The Morgan fingerprint density at radius 3 is 2.36 bits per heavy atom. The highest BCUT2D eigenvalue weighted by molar-refractivity contribution is 5.83. The van der Waals surface area contributed by atoms with Gasteiger partial charge < -0.3 is 0 Å². The van der Waals surface area contributed by atoms with Gasteiger partial charge in [-0.15, -0.1) is 0 Å². The first-order valence-corrected chi connectivity index (χ1v) is 9.59. The van der Waals surface area contributed by atoms with Crippen LogP contribution in [0.15, 0.2) is 54.6 Å². The van der Waals surface area contributed by atoms with Gasteiger partial charge in [0, 0.05) is 24.4 Å². The summed E-state index contributed by atoms with van der Waals surface area (Å²) in [4.78, 5) is 15.2. The minimum atomic E-state index is 0.163. The number of hydrogen-bond acceptors (Lipinski definition) is 2. The number of carbonyl (C=O) groups is 1. The van der Waals surface area contributed by atoms with Gasteiger partial charge in [-0.05, 0) is 48.9 Å². The Hall–Kier alpha value is -1.93. The summed E-state index contributed by atoms with van der Waals surface area (Å²) in [6, 6.07) is 20.5. The van der Waals surface area contributed by atoms with Gasteiger partial charge >= 0.3 is 0 Å². The Balaban J connectivity index is 1.64. The van der Waals surface area contributed by atoms with Gasteiger partial charge in [0.25, 0.3) is 0 Å². The maximum atomic E-state index is 12.7. The predicted molar refractivity (Wildman–Crippen MR) is 103 cm³/mol. The molecule has 2 nitrogen and oxygen atoms in total. The zero-order valence-corrected chi connectivity index (χ0v) is 15.2. The molecule has 2 saturated heterocycles. The monoisotopic (exact) mass is 333 g/mol. The average molecular weight is 333 g/mol. The van der Waals surface area contributed by atoms with Crippen molar-refractivity contribution in [3.63, 3.8) is 0 Å². The number of rotatable bonds is 4. The topological polar surface area (TPSA) is 20.3 Å². The van der Waals surface area contributed by atoms with E-state index < -0.39 is 0 Å². The van der Waals surface area contributed by atoms with Crippen molar-refractivity contribution in [2.24, 2.45) is 5.92 Å². The number of hydrogen-bond donors (Lipinski definition) is 0. The molecule has 0 N–H and O–H groups in total. The van der Waals surface area contributed by atoms with Crippen LogP contribution in [0.1, 0.15) is 44.1 Å². The van der Waals surface area contributed by atoms with Crippen LogP contribution < -0.4 is 0 Å². The van der Waals surface area contributed by atoms with E-state index in [2.05, 4.69) is 60.5 Å². The maximum absolute atomic E-state index is 12.7. The highest BCUT2D eigenvalue weighted by atomic mass is 16.1. The summed E-state index contributed by atoms with van der Waals surface area (Å²) in [6.45, 7) is 2.01. The van der Waals surface area contributed by atoms with Crippen molar-refractivity contribution in [1.29, 1.82) is 0 Å². The second kappa shape index (κ2) is 6.76. The number of ketones is 1. The Morgan fingerprint density at radius 2 is 1.68 bits per heavy atom. The molecule has 2 heteroatoms. The van der Waals surface area contributed by atoms with Crippen molar-refractivity contribution in [3.8, 4) is 11.1 Å². The minimum absolute atomic E-state index is 0.163. The van der Waals surface area contributed by atoms with E-state index in [0.29, 0.717) is 30.2 Å². The molecule has 2 aliphatic rings. The average Bonchev–Trinajstić information content (AvgIpc) is 2.90. The van der Waals surface area contributed by atoms with Gasteiger partial charge in [-0.1, -0.05) is 61.5 Å². The van der Waals surface area contributed by atoms with Crippen LogP contribution in [0.3, 0.4) is 0 Å². The molecule has 2 aromatic rings. The van der Waals surface area contributed by atoms with Crippen LogP contribution in [-0.4, -0.2) is 29.8 Å². The lowest BCUT2D eigenvalue weighted by molar-refractivity contribution is -0.126. The first-order valence-electron chi connectivity index (χ1n) is 9.59. The molecule has 2 bridgehead atoms. The third kappa shape index (κ3) is 2.93. The quantitative estimate of drug-likeness (QED) is 0.793. The first kappa shape index (κ1) is 16.5. The zero-order valence-electron chi connectivity index (χ0n) is 15.2. The summed E-state index contributed by atoms with van der Waals surface area (Å²) in [6.07, 6.45) is 4.19. The second-order valence-corrected chi connectivity index (χ2v) is 7.64. The van der Waals surface area contributed by atoms with Gasteiger partial charge in [0.05, 0.1) is 0 Å². The highest BCUT2D eigenvalue weighted by Gasteiger charge is 2.48. The lowest BCUT2D eigenvalue weighted by Crippen LogP contribution is -2.48. The molecule has 130 valence electrons. The molecule has 2 aliphatic heterocycles. The number of piperidine rings is 1. The van der Waals surface area contributed by atoms with Crippen molar-refractivity contribution in [3.05, 3.63) is 60.2 Å². The van der Waals surface area contributed by atoms with Crippen molar-refractivity contribution < 1.29 is 4.79 Å². The normalized spacial score (nSPS) is 28.9. The first-order chi connectivity index (χ1) is 12.2. The largest absolute Gasteiger partial charge is 0.300 e. The molecule has 0 amide bonds. The molecular formula is C23H27NO. The smallest absolute Gasteiger partial charge is 0.137 e. The minimum Gasteiger partial charge on any atom is -0.300 e.